The van der Waals surface area contributed by atoms with Crippen LogP contribution in [0.15, 0.2) is 16.8 Å². The molecule has 3 heteroatoms. The van der Waals surface area contributed by atoms with Crippen molar-refractivity contribution in [2.24, 2.45) is 16.6 Å². The van der Waals surface area contributed by atoms with Crippen molar-refractivity contribution >= 4 is 5.71 Å². The van der Waals surface area contributed by atoms with Crippen LogP contribution in [0.25, 0.3) is 0 Å². The molecule has 0 heterocycles. The van der Waals surface area contributed by atoms with Crippen LogP contribution in [0, 0.1) is 5.92 Å². The second kappa shape index (κ2) is 6.60. The molecule has 0 amide bonds. The molecule has 0 aliphatic rings. The smallest absolute Gasteiger partial charge is 0.0519 e. The lowest BCUT2D eigenvalue weighted by Gasteiger charge is -2.11. The average molecular weight is 197 g/mol. The predicted molar refractivity (Wildman–Crippen MR) is 63.6 cm³/mol. The van der Waals surface area contributed by atoms with E-state index >= 15 is 0 Å². The van der Waals surface area contributed by atoms with Gasteiger partial charge >= 0.3 is 0 Å². The van der Waals surface area contributed by atoms with Gasteiger partial charge in [-0.1, -0.05) is 13.8 Å². The van der Waals surface area contributed by atoms with Gasteiger partial charge in [0.05, 0.1) is 6.54 Å². The number of nitrogens with two attached hydrogens (primary N) is 1. The van der Waals surface area contributed by atoms with Crippen molar-refractivity contribution in [1.82, 2.24) is 4.90 Å². The second-order valence-electron chi connectivity index (χ2n) is 4.05. The number of aliphatic imine (C=N–C) groups is 1. The van der Waals surface area contributed by atoms with Gasteiger partial charge in [-0.15, -0.1) is 0 Å². The van der Waals surface area contributed by atoms with Gasteiger partial charge in [0.15, 0.2) is 0 Å². The SMILES string of the molecule is CC(=NCCN(C)C)/C(=C\N)C(C)C. The van der Waals surface area contributed by atoms with Crippen LogP contribution in [0.2, 0.25) is 0 Å². The van der Waals surface area contributed by atoms with Crippen LogP contribution >= 0.6 is 0 Å². The quantitative estimate of drug-likeness (QED) is 0.679. The van der Waals surface area contributed by atoms with Crippen LogP contribution in [0.3, 0.4) is 0 Å². The van der Waals surface area contributed by atoms with E-state index in [-0.39, 0.29) is 0 Å². The molecule has 0 aliphatic heterocycles. The van der Waals surface area contributed by atoms with E-state index in [4.69, 9.17) is 5.73 Å². The molecule has 0 fully saturated rings. The van der Waals surface area contributed by atoms with Crippen molar-refractivity contribution in [1.29, 1.82) is 0 Å². The number of hydrogen-bond donors (Lipinski definition) is 1. The zero-order valence-electron chi connectivity index (χ0n) is 10.0. The molecule has 0 aromatic rings. The summed E-state index contributed by atoms with van der Waals surface area (Å²) in [5.41, 5.74) is 7.75. The fraction of sp³-hybridized carbons (Fsp3) is 0.727. The molecule has 2 N–H and O–H groups in total. The zero-order valence-corrected chi connectivity index (χ0v) is 10.0. The topological polar surface area (TPSA) is 41.6 Å². The van der Waals surface area contributed by atoms with E-state index in [0.29, 0.717) is 5.92 Å². The first-order chi connectivity index (χ1) is 6.49. The minimum absolute atomic E-state index is 0.447. The molecule has 0 aliphatic carbocycles. The Morgan fingerprint density at radius 3 is 2.36 bits per heavy atom. The summed E-state index contributed by atoms with van der Waals surface area (Å²) in [5, 5.41) is 0. The minimum Gasteiger partial charge on any atom is -0.404 e. The Bertz CT molecular complexity index is 215. The molecule has 0 aromatic carbocycles. The number of allylic oxidation sites excluding steroid dienone is 1. The van der Waals surface area contributed by atoms with Gasteiger partial charge in [0, 0.05) is 12.3 Å². The summed E-state index contributed by atoms with van der Waals surface area (Å²) in [5.74, 6) is 0.447. The number of likely N-dealkylation sites (N-methyl/N-ethyl adjacent to an activating group) is 1. The van der Waals surface area contributed by atoms with Crippen LogP contribution in [-0.4, -0.2) is 37.8 Å². The Morgan fingerprint density at radius 2 is 2.00 bits per heavy atom. The highest BCUT2D eigenvalue weighted by Crippen LogP contribution is 2.09. The Morgan fingerprint density at radius 1 is 1.43 bits per heavy atom. The summed E-state index contributed by atoms with van der Waals surface area (Å²) in [7, 11) is 4.10. The molecule has 0 saturated carbocycles. The van der Waals surface area contributed by atoms with Crippen LogP contribution < -0.4 is 5.73 Å². The molecule has 0 unspecified atom stereocenters. The molecule has 82 valence electrons. The highest BCUT2D eigenvalue weighted by Gasteiger charge is 2.05. The molecule has 0 bridgehead atoms. The third-order valence-corrected chi connectivity index (χ3v) is 2.12. The third kappa shape index (κ3) is 5.02. The van der Waals surface area contributed by atoms with Crippen LogP contribution in [0.4, 0.5) is 0 Å². The summed E-state index contributed by atoms with van der Waals surface area (Å²) < 4.78 is 0. The van der Waals surface area contributed by atoms with E-state index in [1.165, 1.54) is 0 Å². The van der Waals surface area contributed by atoms with Crippen molar-refractivity contribution in [2.45, 2.75) is 20.8 Å². The molecular formula is C11H23N3. The summed E-state index contributed by atoms with van der Waals surface area (Å²) >= 11 is 0. The second-order valence-corrected chi connectivity index (χ2v) is 4.05. The standard InChI is InChI=1S/C11H23N3/c1-9(2)11(8-12)10(3)13-6-7-14(4)5/h8-9H,6-7,12H2,1-5H3/b11-8-,13-10?. The zero-order chi connectivity index (χ0) is 11.1. The number of hydrogen-bond acceptors (Lipinski definition) is 3. The summed E-state index contributed by atoms with van der Waals surface area (Å²) in [6.45, 7) is 8.10. The summed E-state index contributed by atoms with van der Waals surface area (Å²) in [6.07, 6.45) is 1.67. The first kappa shape index (κ1) is 13.2. The Labute approximate surface area is 87.7 Å². The van der Waals surface area contributed by atoms with E-state index in [1.54, 1.807) is 6.20 Å². The maximum atomic E-state index is 5.55. The van der Waals surface area contributed by atoms with E-state index in [1.807, 2.05) is 21.0 Å². The first-order valence-corrected chi connectivity index (χ1v) is 5.07. The van der Waals surface area contributed by atoms with Crippen LogP contribution in [0.5, 0.6) is 0 Å². The first-order valence-electron chi connectivity index (χ1n) is 5.07. The molecule has 0 atom stereocenters. The average Bonchev–Trinajstić information content (AvgIpc) is 2.03. The largest absolute Gasteiger partial charge is 0.404 e. The predicted octanol–water partition coefficient (Wildman–Crippen LogP) is 1.51. The van der Waals surface area contributed by atoms with Gasteiger partial charge in [0.1, 0.15) is 0 Å². The lowest BCUT2D eigenvalue weighted by molar-refractivity contribution is 0.420. The number of rotatable bonds is 5. The minimum atomic E-state index is 0.447. The normalized spacial score (nSPS) is 14.2. The van der Waals surface area contributed by atoms with Gasteiger partial charge < -0.3 is 10.6 Å². The van der Waals surface area contributed by atoms with Gasteiger partial charge in [-0.2, -0.15) is 0 Å². The summed E-state index contributed by atoms with van der Waals surface area (Å²) in [4.78, 5) is 6.61. The molecule has 14 heavy (non-hydrogen) atoms. The van der Waals surface area contributed by atoms with Gasteiger partial charge in [-0.25, -0.2) is 0 Å². The molecule has 0 saturated heterocycles. The molecule has 0 radical (unpaired) electrons. The molecule has 3 nitrogen and oxygen atoms in total. The monoisotopic (exact) mass is 197 g/mol. The van der Waals surface area contributed by atoms with Crippen LogP contribution in [0.1, 0.15) is 20.8 Å². The molecular weight excluding hydrogens is 174 g/mol. The van der Waals surface area contributed by atoms with Crippen molar-refractivity contribution < 1.29 is 0 Å². The maximum absolute atomic E-state index is 5.55. The van der Waals surface area contributed by atoms with Crippen molar-refractivity contribution in [2.75, 3.05) is 27.2 Å². The lowest BCUT2D eigenvalue weighted by atomic mass is 10.0. The van der Waals surface area contributed by atoms with E-state index in [2.05, 4.69) is 23.7 Å². The van der Waals surface area contributed by atoms with Gasteiger partial charge in [-0.05, 0) is 38.7 Å². The number of nitrogens with zero attached hydrogens (tertiary/aromatic N) is 2. The van der Waals surface area contributed by atoms with Crippen molar-refractivity contribution in [3.05, 3.63) is 11.8 Å². The molecule has 0 aromatic heterocycles. The maximum Gasteiger partial charge on any atom is 0.0519 e. The highest BCUT2D eigenvalue weighted by atomic mass is 15.1. The van der Waals surface area contributed by atoms with Crippen LogP contribution in [-0.2, 0) is 0 Å². The highest BCUT2D eigenvalue weighted by molar-refractivity contribution is 5.98. The van der Waals surface area contributed by atoms with E-state index in [9.17, 15) is 0 Å². The summed E-state index contributed by atoms with van der Waals surface area (Å²) in [6, 6.07) is 0. The fourth-order valence-electron chi connectivity index (χ4n) is 1.24. The van der Waals surface area contributed by atoms with Gasteiger partial charge in [-0.3, -0.25) is 4.99 Å². The Hall–Kier alpha value is -0.830. The molecule has 0 rings (SSSR count). The third-order valence-electron chi connectivity index (χ3n) is 2.12. The van der Waals surface area contributed by atoms with E-state index < -0.39 is 0 Å². The fourth-order valence-corrected chi connectivity index (χ4v) is 1.24. The van der Waals surface area contributed by atoms with Gasteiger partial charge in [0.25, 0.3) is 0 Å². The van der Waals surface area contributed by atoms with Crippen molar-refractivity contribution in [3.8, 4) is 0 Å². The van der Waals surface area contributed by atoms with E-state index in [0.717, 1.165) is 24.4 Å². The lowest BCUT2D eigenvalue weighted by Crippen LogP contribution is -2.17. The molecule has 0 spiro atoms. The van der Waals surface area contributed by atoms with Crippen molar-refractivity contribution in [3.63, 3.8) is 0 Å². The Balaban J connectivity index is 4.22. The van der Waals surface area contributed by atoms with Gasteiger partial charge in [0.2, 0.25) is 0 Å². The Kier molecular flexibility index (Phi) is 6.21.